The van der Waals surface area contributed by atoms with Crippen LogP contribution in [0.3, 0.4) is 0 Å². The third-order valence-corrected chi connectivity index (χ3v) is 3.04. The summed E-state index contributed by atoms with van der Waals surface area (Å²) in [6.45, 7) is 13.1. The fourth-order valence-corrected chi connectivity index (χ4v) is 2.32. The molecular weight excluding hydrogens is 266 g/mol. The summed E-state index contributed by atoms with van der Waals surface area (Å²) >= 11 is 0. The Morgan fingerprint density at radius 1 is 1.24 bits per heavy atom. The summed E-state index contributed by atoms with van der Waals surface area (Å²) in [6.07, 6.45) is 0. The lowest BCUT2D eigenvalue weighted by atomic mass is 10.1. The van der Waals surface area contributed by atoms with E-state index in [2.05, 4.69) is 32.9 Å². The first-order valence-corrected chi connectivity index (χ1v) is 7.66. The largest absolute Gasteiger partial charge is 0.361 e. The van der Waals surface area contributed by atoms with Crippen LogP contribution in [0.5, 0.6) is 0 Å². The maximum Gasteiger partial charge on any atom is 0.236 e. The van der Waals surface area contributed by atoms with Crippen molar-refractivity contribution >= 4 is 5.91 Å². The Bertz CT molecular complexity index is 430. The molecule has 5 heteroatoms. The van der Waals surface area contributed by atoms with Gasteiger partial charge in [0.2, 0.25) is 5.91 Å². The molecular formula is C16H29N3O2. The second kappa shape index (κ2) is 8.17. The van der Waals surface area contributed by atoms with E-state index >= 15 is 0 Å². The minimum Gasteiger partial charge on any atom is -0.361 e. The molecule has 0 aromatic carbocycles. The average Bonchev–Trinajstić information content (AvgIpc) is 2.72. The predicted molar refractivity (Wildman–Crippen MR) is 83.8 cm³/mol. The Hall–Kier alpha value is -1.36. The minimum atomic E-state index is 0.181. The van der Waals surface area contributed by atoms with Gasteiger partial charge in [0.1, 0.15) is 5.76 Å². The lowest BCUT2D eigenvalue weighted by Gasteiger charge is -2.28. The smallest absolute Gasteiger partial charge is 0.236 e. The second-order valence-electron chi connectivity index (χ2n) is 6.69. The van der Waals surface area contributed by atoms with Crippen molar-refractivity contribution < 1.29 is 9.32 Å². The average molecular weight is 295 g/mol. The molecule has 1 amide bonds. The first kappa shape index (κ1) is 17.7. The van der Waals surface area contributed by atoms with Crippen molar-refractivity contribution in [3.63, 3.8) is 0 Å². The van der Waals surface area contributed by atoms with Gasteiger partial charge in [0.25, 0.3) is 0 Å². The highest BCUT2D eigenvalue weighted by Crippen LogP contribution is 2.07. The number of aryl methyl sites for hydroxylation is 1. The standard InChI is InChI=1S/C16H29N3O2/c1-12(2)8-19(9-13(3)4)16(20)11-18(6)10-15-7-14(5)21-17-15/h7,12-13H,8-11H2,1-6H3. The topological polar surface area (TPSA) is 49.6 Å². The van der Waals surface area contributed by atoms with Crippen molar-refractivity contribution in [1.82, 2.24) is 15.0 Å². The molecule has 0 fully saturated rings. The van der Waals surface area contributed by atoms with E-state index in [0.29, 0.717) is 24.9 Å². The van der Waals surface area contributed by atoms with Crippen LogP contribution >= 0.6 is 0 Å². The van der Waals surface area contributed by atoms with Gasteiger partial charge in [0, 0.05) is 25.7 Å². The molecule has 120 valence electrons. The molecule has 0 aliphatic carbocycles. The van der Waals surface area contributed by atoms with Crippen LogP contribution < -0.4 is 0 Å². The van der Waals surface area contributed by atoms with Gasteiger partial charge in [0.15, 0.2) is 0 Å². The van der Waals surface area contributed by atoms with Crippen LogP contribution in [0, 0.1) is 18.8 Å². The number of aromatic nitrogens is 1. The van der Waals surface area contributed by atoms with Crippen molar-refractivity contribution in [3.8, 4) is 0 Å². The van der Waals surface area contributed by atoms with E-state index in [1.165, 1.54) is 0 Å². The first-order chi connectivity index (χ1) is 9.77. The number of nitrogens with zero attached hydrogens (tertiary/aromatic N) is 3. The lowest BCUT2D eigenvalue weighted by molar-refractivity contribution is -0.133. The van der Waals surface area contributed by atoms with Crippen molar-refractivity contribution in [3.05, 3.63) is 17.5 Å². The molecule has 1 rings (SSSR count). The molecule has 1 aromatic heterocycles. The molecule has 0 saturated heterocycles. The Labute approximate surface area is 128 Å². The third-order valence-electron chi connectivity index (χ3n) is 3.04. The fraction of sp³-hybridized carbons (Fsp3) is 0.750. The quantitative estimate of drug-likeness (QED) is 0.739. The van der Waals surface area contributed by atoms with Crippen molar-refractivity contribution in [2.45, 2.75) is 41.2 Å². The minimum absolute atomic E-state index is 0.181. The van der Waals surface area contributed by atoms with Crippen molar-refractivity contribution in [2.24, 2.45) is 11.8 Å². The number of likely N-dealkylation sites (N-methyl/N-ethyl adjacent to an activating group) is 1. The number of rotatable bonds is 8. The molecule has 0 atom stereocenters. The molecule has 0 radical (unpaired) electrons. The van der Waals surface area contributed by atoms with E-state index in [4.69, 9.17) is 4.52 Å². The van der Waals surface area contributed by atoms with Crippen LogP contribution in [0.4, 0.5) is 0 Å². The van der Waals surface area contributed by atoms with Crippen molar-refractivity contribution in [2.75, 3.05) is 26.7 Å². The van der Waals surface area contributed by atoms with Gasteiger partial charge in [0.05, 0.1) is 12.2 Å². The number of hydrogen-bond donors (Lipinski definition) is 0. The number of hydrogen-bond acceptors (Lipinski definition) is 4. The Balaban J connectivity index is 2.54. The van der Waals surface area contributed by atoms with Gasteiger partial charge in [-0.15, -0.1) is 0 Å². The van der Waals surface area contributed by atoms with Gasteiger partial charge in [-0.25, -0.2) is 0 Å². The van der Waals surface area contributed by atoms with Crippen LogP contribution in [-0.4, -0.2) is 47.5 Å². The van der Waals surface area contributed by atoms with E-state index < -0.39 is 0 Å². The maximum absolute atomic E-state index is 12.5. The van der Waals surface area contributed by atoms with Gasteiger partial charge in [-0.2, -0.15) is 0 Å². The highest BCUT2D eigenvalue weighted by atomic mass is 16.5. The van der Waals surface area contributed by atoms with Crippen LogP contribution in [-0.2, 0) is 11.3 Å². The molecule has 0 spiro atoms. The molecule has 0 saturated carbocycles. The number of carbonyl (C=O) groups is 1. The molecule has 0 aliphatic heterocycles. The summed E-state index contributed by atoms with van der Waals surface area (Å²) in [5.41, 5.74) is 0.863. The molecule has 1 heterocycles. The maximum atomic E-state index is 12.5. The summed E-state index contributed by atoms with van der Waals surface area (Å²) < 4.78 is 5.05. The van der Waals surface area contributed by atoms with E-state index in [1.54, 1.807) is 0 Å². The van der Waals surface area contributed by atoms with E-state index in [1.807, 2.05) is 29.8 Å². The Morgan fingerprint density at radius 2 is 1.81 bits per heavy atom. The summed E-state index contributed by atoms with van der Waals surface area (Å²) in [5.74, 6) is 1.94. The van der Waals surface area contributed by atoms with Gasteiger partial charge in [-0.1, -0.05) is 32.9 Å². The summed E-state index contributed by atoms with van der Waals surface area (Å²) in [7, 11) is 1.94. The summed E-state index contributed by atoms with van der Waals surface area (Å²) in [5, 5.41) is 3.96. The van der Waals surface area contributed by atoms with Crippen LogP contribution in [0.15, 0.2) is 10.6 Å². The predicted octanol–water partition coefficient (Wildman–Crippen LogP) is 2.56. The summed E-state index contributed by atoms with van der Waals surface area (Å²) in [6, 6.07) is 1.90. The Kier molecular flexibility index (Phi) is 6.89. The fourth-order valence-electron chi connectivity index (χ4n) is 2.32. The van der Waals surface area contributed by atoms with Crippen molar-refractivity contribution in [1.29, 1.82) is 0 Å². The zero-order valence-corrected chi connectivity index (χ0v) is 14.2. The SMILES string of the molecule is Cc1cc(CN(C)CC(=O)N(CC(C)C)CC(C)C)no1. The zero-order valence-electron chi connectivity index (χ0n) is 14.2. The van der Waals surface area contributed by atoms with E-state index in [-0.39, 0.29) is 5.91 Å². The highest BCUT2D eigenvalue weighted by molar-refractivity contribution is 5.78. The molecule has 1 aromatic rings. The van der Waals surface area contributed by atoms with Crippen LogP contribution in [0.1, 0.15) is 39.1 Å². The molecule has 0 aliphatic rings. The first-order valence-electron chi connectivity index (χ1n) is 7.66. The normalized spacial score (nSPS) is 11.7. The number of carbonyl (C=O) groups excluding carboxylic acids is 1. The third kappa shape index (κ3) is 6.76. The molecule has 21 heavy (non-hydrogen) atoms. The van der Waals surface area contributed by atoms with Gasteiger partial charge in [-0.05, 0) is 25.8 Å². The molecule has 0 N–H and O–H groups in total. The highest BCUT2D eigenvalue weighted by Gasteiger charge is 2.18. The lowest BCUT2D eigenvalue weighted by Crippen LogP contribution is -2.42. The van der Waals surface area contributed by atoms with Gasteiger partial charge < -0.3 is 9.42 Å². The van der Waals surface area contributed by atoms with E-state index in [0.717, 1.165) is 24.5 Å². The monoisotopic (exact) mass is 295 g/mol. The summed E-state index contributed by atoms with van der Waals surface area (Å²) in [4.78, 5) is 16.4. The molecule has 0 bridgehead atoms. The van der Waals surface area contributed by atoms with Gasteiger partial charge in [-0.3, -0.25) is 9.69 Å². The van der Waals surface area contributed by atoms with Crippen LogP contribution in [0.2, 0.25) is 0 Å². The molecule has 0 unspecified atom stereocenters. The Morgan fingerprint density at radius 3 is 2.24 bits per heavy atom. The zero-order chi connectivity index (χ0) is 16.0. The number of amides is 1. The van der Waals surface area contributed by atoms with Gasteiger partial charge >= 0.3 is 0 Å². The van der Waals surface area contributed by atoms with Crippen LogP contribution in [0.25, 0.3) is 0 Å². The molecule has 5 nitrogen and oxygen atoms in total. The second-order valence-corrected chi connectivity index (χ2v) is 6.69. The van der Waals surface area contributed by atoms with E-state index in [9.17, 15) is 4.79 Å².